The molecule has 0 amide bonds. The van der Waals surface area contributed by atoms with Crippen molar-refractivity contribution in [3.63, 3.8) is 0 Å². The van der Waals surface area contributed by atoms with Crippen LogP contribution >= 0.6 is 11.6 Å². The maximum absolute atomic E-state index is 14.9. The molecule has 1 aliphatic rings. The van der Waals surface area contributed by atoms with Crippen LogP contribution in [0.2, 0.25) is 5.02 Å². The van der Waals surface area contributed by atoms with Crippen molar-refractivity contribution < 1.29 is 28.1 Å². The molecule has 3 heterocycles. The average molecular weight is 590 g/mol. The van der Waals surface area contributed by atoms with Crippen LogP contribution in [0.15, 0.2) is 53.8 Å². The zero-order valence-electron chi connectivity index (χ0n) is 21.6. The Morgan fingerprint density at radius 3 is 2.73 bits per heavy atom. The first-order valence-corrected chi connectivity index (χ1v) is 14.6. The number of benzene rings is 1. The summed E-state index contributed by atoms with van der Waals surface area (Å²) in [7, 11) is -4.05. The summed E-state index contributed by atoms with van der Waals surface area (Å²) < 4.78 is 43.0. The number of pyridine rings is 1. The summed E-state index contributed by atoms with van der Waals surface area (Å²) in [5.74, 6) is -0.780. The highest BCUT2D eigenvalue weighted by Crippen LogP contribution is 2.35. The number of hydrogen-bond acceptors (Lipinski definition) is 9. The lowest BCUT2D eigenvalue weighted by Crippen LogP contribution is -2.43. The molecule has 3 aromatic heterocycles. The number of nitrogens with one attached hydrogen (secondary N) is 1. The summed E-state index contributed by atoms with van der Waals surface area (Å²) >= 11 is 6.20. The van der Waals surface area contributed by atoms with Crippen molar-refractivity contribution in [2.45, 2.75) is 61.7 Å². The van der Waals surface area contributed by atoms with Crippen molar-refractivity contribution in [2.24, 2.45) is 0 Å². The van der Waals surface area contributed by atoms with Gasteiger partial charge in [0.25, 0.3) is 10.0 Å². The Labute approximate surface area is 235 Å². The molecule has 0 bridgehead atoms. The van der Waals surface area contributed by atoms with Crippen LogP contribution in [-0.2, 0) is 10.0 Å². The van der Waals surface area contributed by atoms with Gasteiger partial charge in [0.05, 0.1) is 34.4 Å². The van der Waals surface area contributed by atoms with Crippen LogP contribution in [0.4, 0.5) is 10.2 Å². The standard InChI is InChI=1S/C27H29ClFN5O5S/c1-16-4-6-20(7-5-16)40(38,39)34-14-22(21-9-17(28)12-31-26(21)34)24-30-13-23(29)25(33-24)32-18-3-2-8-27(37,10-18)11-19(36)15-35/h4-7,9,12-14,18-19,35-37H,2-3,8,10-11,15H2,1H3,(H,30,32,33)/t18-,19?,27-/m0/s1. The van der Waals surface area contributed by atoms with Gasteiger partial charge in [0.15, 0.2) is 23.1 Å². The molecule has 4 N–H and O–H groups in total. The first-order chi connectivity index (χ1) is 19.0. The number of halogens is 2. The molecule has 1 unspecified atom stereocenters. The summed E-state index contributed by atoms with van der Waals surface area (Å²) in [6.07, 6.45) is 4.54. The Bertz CT molecular complexity index is 1650. The molecule has 3 atom stereocenters. The molecule has 4 aromatic rings. The van der Waals surface area contributed by atoms with Crippen molar-refractivity contribution in [1.82, 2.24) is 18.9 Å². The Morgan fingerprint density at radius 1 is 1.25 bits per heavy atom. The molecule has 0 spiro atoms. The third-order valence-electron chi connectivity index (χ3n) is 7.13. The van der Waals surface area contributed by atoms with Gasteiger partial charge in [0.1, 0.15) is 0 Å². The van der Waals surface area contributed by atoms with Gasteiger partial charge in [-0.2, -0.15) is 0 Å². The minimum absolute atomic E-state index is 0.00189. The Balaban J connectivity index is 1.52. The molecule has 0 saturated heterocycles. The van der Waals surface area contributed by atoms with E-state index in [2.05, 4.69) is 20.3 Å². The number of fused-ring (bicyclic) bond motifs is 1. The number of nitrogens with zero attached hydrogens (tertiary/aromatic N) is 4. The lowest BCUT2D eigenvalue weighted by Gasteiger charge is -2.38. The van der Waals surface area contributed by atoms with E-state index in [4.69, 9.17) is 11.6 Å². The van der Waals surface area contributed by atoms with Crippen molar-refractivity contribution >= 4 is 38.5 Å². The van der Waals surface area contributed by atoms with E-state index in [1.165, 1.54) is 24.5 Å². The fraction of sp³-hybridized carbons (Fsp3) is 0.370. The van der Waals surface area contributed by atoms with Gasteiger partial charge in [0, 0.05) is 35.8 Å². The van der Waals surface area contributed by atoms with E-state index in [-0.39, 0.29) is 51.7 Å². The quantitative estimate of drug-likeness (QED) is 0.241. The van der Waals surface area contributed by atoms with Crippen molar-refractivity contribution in [3.8, 4) is 11.4 Å². The van der Waals surface area contributed by atoms with E-state index >= 15 is 0 Å². The second kappa shape index (κ2) is 11.0. The highest BCUT2D eigenvalue weighted by molar-refractivity contribution is 7.90. The fourth-order valence-corrected chi connectivity index (χ4v) is 6.66. The summed E-state index contributed by atoms with van der Waals surface area (Å²) in [6, 6.07) is 7.60. The number of anilines is 1. The second-order valence-electron chi connectivity index (χ2n) is 10.3. The molecule has 1 fully saturated rings. The van der Waals surface area contributed by atoms with Crippen LogP contribution in [0.25, 0.3) is 22.4 Å². The van der Waals surface area contributed by atoms with Crippen molar-refractivity contribution in [1.29, 1.82) is 0 Å². The number of rotatable bonds is 8. The minimum Gasteiger partial charge on any atom is -0.394 e. The van der Waals surface area contributed by atoms with Gasteiger partial charge < -0.3 is 20.6 Å². The monoisotopic (exact) mass is 589 g/mol. The van der Waals surface area contributed by atoms with E-state index in [0.29, 0.717) is 24.6 Å². The first kappa shape index (κ1) is 28.4. The lowest BCUT2D eigenvalue weighted by molar-refractivity contribution is -0.0512. The number of aryl methyl sites for hydroxylation is 1. The Kier molecular flexibility index (Phi) is 7.81. The first-order valence-electron chi connectivity index (χ1n) is 12.8. The fourth-order valence-electron chi connectivity index (χ4n) is 5.18. The highest BCUT2D eigenvalue weighted by Gasteiger charge is 2.36. The number of hydrogen-bond donors (Lipinski definition) is 4. The molecule has 1 aromatic carbocycles. The summed E-state index contributed by atoms with van der Waals surface area (Å²) in [4.78, 5) is 12.8. The maximum atomic E-state index is 14.9. The van der Waals surface area contributed by atoms with Crippen molar-refractivity contribution in [2.75, 3.05) is 11.9 Å². The zero-order chi connectivity index (χ0) is 28.7. The molecule has 0 aliphatic heterocycles. The molecular weight excluding hydrogens is 561 g/mol. The third-order valence-corrected chi connectivity index (χ3v) is 9.00. The summed E-state index contributed by atoms with van der Waals surface area (Å²) in [5.41, 5.74) is 0.0877. The van der Waals surface area contributed by atoms with Gasteiger partial charge >= 0.3 is 0 Å². The molecule has 212 valence electrons. The largest absolute Gasteiger partial charge is 0.394 e. The molecule has 0 radical (unpaired) electrons. The van der Waals surface area contributed by atoms with Crippen LogP contribution < -0.4 is 5.32 Å². The average Bonchev–Trinajstić information content (AvgIpc) is 3.29. The molecular formula is C27H29ClFN5O5S. The molecule has 1 saturated carbocycles. The smallest absolute Gasteiger partial charge is 0.269 e. The summed E-state index contributed by atoms with van der Waals surface area (Å²) in [5, 5.41) is 33.6. The van der Waals surface area contributed by atoms with E-state index < -0.39 is 34.2 Å². The molecule has 10 nitrogen and oxygen atoms in total. The second-order valence-corrected chi connectivity index (χ2v) is 12.5. The predicted molar refractivity (Wildman–Crippen MR) is 148 cm³/mol. The van der Waals surface area contributed by atoms with Crippen LogP contribution in [0.5, 0.6) is 0 Å². The van der Waals surface area contributed by atoms with Crippen LogP contribution in [0, 0.1) is 12.7 Å². The van der Waals surface area contributed by atoms with E-state index in [9.17, 15) is 28.1 Å². The molecule has 5 rings (SSSR count). The number of aliphatic hydroxyl groups is 3. The van der Waals surface area contributed by atoms with E-state index in [0.717, 1.165) is 15.7 Å². The summed E-state index contributed by atoms with van der Waals surface area (Å²) in [6.45, 7) is 1.39. The zero-order valence-corrected chi connectivity index (χ0v) is 23.2. The minimum atomic E-state index is -4.05. The van der Waals surface area contributed by atoms with Crippen molar-refractivity contribution in [3.05, 3.63) is 65.3 Å². The van der Waals surface area contributed by atoms with Crippen LogP contribution in [0.1, 0.15) is 37.7 Å². The normalized spacial score (nSPS) is 20.5. The highest BCUT2D eigenvalue weighted by atomic mass is 35.5. The predicted octanol–water partition coefficient (Wildman–Crippen LogP) is 3.66. The third kappa shape index (κ3) is 5.68. The molecule has 13 heteroatoms. The topological polar surface area (TPSA) is 150 Å². The Morgan fingerprint density at radius 2 is 2.00 bits per heavy atom. The maximum Gasteiger partial charge on any atom is 0.269 e. The van der Waals surface area contributed by atoms with Gasteiger partial charge in [0.2, 0.25) is 0 Å². The van der Waals surface area contributed by atoms with Gasteiger partial charge in [-0.15, -0.1) is 0 Å². The lowest BCUT2D eigenvalue weighted by atomic mass is 9.78. The van der Waals surface area contributed by atoms with E-state index in [1.54, 1.807) is 18.2 Å². The van der Waals surface area contributed by atoms with Gasteiger partial charge in [-0.05, 0) is 50.8 Å². The molecule has 1 aliphatic carbocycles. The Hall–Kier alpha value is -3.16. The van der Waals surface area contributed by atoms with E-state index in [1.807, 2.05) is 6.92 Å². The van der Waals surface area contributed by atoms with Gasteiger partial charge in [-0.3, -0.25) is 0 Å². The van der Waals surface area contributed by atoms with Gasteiger partial charge in [-0.25, -0.2) is 31.7 Å². The number of aromatic nitrogens is 4. The van der Waals surface area contributed by atoms with Crippen LogP contribution in [0.3, 0.4) is 0 Å². The number of aliphatic hydroxyl groups excluding tert-OH is 2. The van der Waals surface area contributed by atoms with Gasteiger partial charge in [-0.1, -0.05) is 29.3 Å². The van der Waals surface area contributed by atoms with Crippen LogP contribution in [-0.4, -0.2) is 67.0 Å². The molecule has 40 heavy (non-hydrogen) atoms. The SMILES string of the molecule is Cc1ccc(S(=O)(=O)n2cc(-c3ncc(F)c(N[C@H]4CCC[C@@](O)(CC(O)CO)C4)n3)c3cc(Cl)cnc32)cc1.